The third-order valence-corrected chi connectivity index (χ3v) is 5.36. The van der Waals surface area contributed by atoms with E-state index in [1.165, 1.54) is 4.90 Å². The van der Waals surface area contributed by atoms with Crippen LogP contribution in [-0.4, -0.2) is 38.9 Å². The number of carbonyl (C=O) groups excluding carboxylic acids is 1. The minimum absolute atomic E-state index is 0. The standard InChI is InChI=1S/C25H23N5O4.ClH/c1-29-21-12-9-17(25(33)30(14-23(31)32)18-5-3-2-4-6-18)13-20(21)28-22(29)15-34-19-10-7-16(8-11-19)24(26)27;/h2-13H,14-15H2,1H3,(H3,26,27)(H,31,32);1H. The Labute approximate surface area is 207 Å². The number of aliphatic carboxylic acids is 1. The van der Waals surface area contributed by atoms with E-state index in [1.807, 2.05) is 11.6 Å². The third-order valence-electron chi connectivity index (χ3n) is 5.36. The van der Waals surface area contributed by atoms with Crippen LogP contribution in [-0.2, 0) is 18.4 Å². The number of aryl methyl sites for hydroxylation is 1. The van der Waals surface area contributed by atoms with E-state index in [9.17, 15) is 14.7 Å². The summed E-state index contributed by atoms with van der Waals surface area (Å²) in [5.41, 5.74) is 8.33. The number of amidine groups is 1. The van der Waals surface area contributed by atoms with Crippen LogP contribution in [0.2, 0.25) is 0 Å². The molecule has 0 fully saturated rings. The van der Waals surface area contributed by atoms with Gasteiger partial charge in [0.15, 0.2) is 0 Å². The number of nitrogens with zero attached hydrogens (tertiary/aromatic N) is 3. The minimum Gasteiger partial charge on any atom is -0.486 e. The zero-order valence-corrected chi connectivity index (χ0v) is 19.7. The fourth-order valence-corrected chi connectivity index (χ4v) is 3.57. The van der Waals surface area contributed by atoms with Gasteiger partial charge in [-0.05, 0) is 54.6 Å². The molecule has 0 saturated heterocycles. The molecule has 3 aromatic carbocycles. The highest BCUT2D eigenvalue weighted by molar-refractivity contribution is 6.09. The number of amides is 1. The summed E-state index contributed by atoms with van der Waals surface area (Å²) in [5.74, 6) is -0.279. The number of nitrogens with one attached hydrogen (secondary N) is 1. The van der Waals surface area contributed by atoms with Crippen molar-refractivity contribution in [1.82, 2.24) is 9.55 Å². The molecule has 4 rings (SSSR count). The number of fused-ring (bicyclic) bond motifs is 1. The van der Waals surface area contributed by atoms with Gasteiger partial charge in [-0.15, -0.1) is 12.4 Å². The van der Waals surface area contributed by atoms with Crippen molar-refractivity contribution in [2.24, 2.45) is 12.8 Å². The zero-order valence-electron chi connectivity index (χ0n) is 18.8. The molecule has 1 amide bonds. The van der Waals surface area contributed by atoms with Gasteiger partial charge >= 0.3 is 5.97 Å². The summed E-state index contributed by atoms with van der Waals surface area (Å²) in [6.45, 7) is -0.256. The Morgan fingerprint density at radius 1 is 1.06 bits per heavy atom. The highest BCUT2D eigenvalue weighted by Crippen LogP contribution is 2.22. The first-order chi connectivity index (χ1) is 16.3. The lowest BCUT2D eigenvalue weighted by Crippen LogP contribution is -2.35. The monoisotopic (exact) mass is 493 g/mol. The Balaban J connectivity index is 0.00000342. The molecule has 1 aromatic heterocycles. The van der Waals surface area contributed by atoms with Gasteiger partial charge in [0.1, 0.15) is 30.6 Å². The Bertz CT molecular complexity index is 1370. The van der Waals surface area contributed by atoms with Crippen LogP contribution in [0.15, 0.2) is 72.8 Å². The van der Waals surface area contributed by atoms with Crippen LogP contribution in [0.25, 0.3) is 11.0 Å². The Kier molecular flexibility index (Phi) is 7.73. The molecule has 0 saturated carbocycles. The van der Waals surface area contributed by atoms with Crippen molar-refractivity contribution in [1.29, 1.82) is 5.41 Å². The first kappa shape index (κ1) is 25.3. The highest BCUT2D eigenvalue weighted by atomic mass is 35.5. The molecule has 4 N–H and O–H groups in total. The average Bonchev–Trinajstić information content (AvgIpc) is 3.16. The van der Waals surface area contributed by atoms with Gasteiger partial charge in [-0.3, -0.25) is 19.9 Å². The number of aromatic nitrogens is 2. The van der Waals surface area contributed by atoms with E-state index < -0.39 is 18.4 Å². The van der Waals surface area contributed by atoms with Crippen molar-refractivity contribution < 1.29 is 19.4 Å². The summed E-state index contributed by atoms with van der Waals surface area (Å²) in [7, 11) is 1.86. The maximum atomic E-state index is 13.2. The second kappa shape index (κ2) is 10.7. The SMILES string of the molecule is Cl.Cn1c(COc2ccc(C(=N)N)cc2)nc2cc(C(=O)N(CC(=O)O)c3ccccc3)ccc21. The summed E-state index contributed by atoms with van der Waals surface area (Å²) in [4.78, 5) is 30.4. The van der Waals surface area contributed by atoms with Gasteiger partial charge in [0.05, 0.1) is 11.0 Å². The van der Waals surface area contributed by atoms with Gasteiger partial charge in [0.25, 0.3) is 5.91 Å². The predicted octanol–water partition coefficient (Wildman–Crippen LogP) is 3.59. The van der Waals surface area contributed by atoms with Crippen molar-refractivity contribution >= 4 is 46.8 Å². The highest BCUT2D eigenvalue weighted by Gasteiger charge is 2.21. The normalized spacial score (nSPS) is 10.4. The van der Waals surface area contributed by atoms with E-state index in [4.69, 9.17) is 15.9 Å². The van der Waals surface area contributed by atoms with Crippen LogP contribution in [0.3, 0.4) is 0 Å². The average molecular weight is 494 g/mol. The molecule has 35 heavy (non-hydrogen) atoms. The minimum atomic E-state index is -1.10. The quantitative estimate of drug-likeness (QED) is 0.253. The van der Waals surface area contributed by atoms with E-state index in [0.717, 1.165) is 5.52 Å². The second-order valence-electron chi connectivity index (χ2n) is 7.64. The van der Waals surface area contributed by atoms with Crippen LogP contribution in [0.4, 0.5) is 5.69 Å². The first-order valence-electron chi connectivity index (χ1n) is 10.4. The molecule has 0 aliphatic rings. The van der Waals surface area contributed by atoms with Crippen molar-refractivity contribution in [2.75, 3.05) is 11.4 Å². The van der Waals surface area contributed by atoms with Crippen LogP contribution in [0.1, 0.15) is 21.7 Å². The van der Waals surface area contributed by atoms with Gasteiger partial charge in [-0.2, -0.15) is 0 Å². The number of benzene rings is 3. The lowest BCUT2D eigenvalue weighted by atomic mass is 10.1. The Morgan fingerprint density at radius 2 is 1.71 bits per heavy atom. The number of halogens is 1. The number of imidazole rings is 1. The van der Waals surface area contributed by atoms with E-state index >= 15 is 0 Å². The largest absolute Gasteiger partial charge is 0.486 e. The second-order valence-corrected chi connectivity index (χ2v) is 7.64. The lowest BCUT2D eigenvalue weighted by Gasteiger charge is -2.21. The van der Waals surface area contributed by atoms with Crippen LogP contribution in [0.5, 0.6) is 5.75 Å². The van der Waals surface area contributed by atoms with Crippen LogP contribution in [0, 0.1) is 5.41 Å². The molecule has 0 atom stereocenters. The van der Waals surface area contributed by atoms with Gasteiger partial charge in [0, 0.05) is 23.9 Å². The molecular weight excluding hydrogens is 470 g/mol. The van der Waals surface area contributed by atoms with E-state index in [-0.39, 0.29) is 24.8 Å². The third kappa shape index (κ3) is 5.59. The molecular formula is C25H24ClN5O4. The van der Waals surface area contributed by atoms with E-state index in [1.54, 1.807) is 72.8 Å². The molecule has 0 unspecified atom stereocenters. The van der Waals surface area contributed by atoms with Crippen molar-refractivity contribution in [3.8, 4) is 5.75 Å². The van der Waals surface area contributed by atoms with E-state index in [0.29, 0.717) is 33.9 Å². The topological polar surface area (TPSA) is 135 Å². The number of hydrogen-bond acceptors (Lipinski definition) is 5. The number of carboxylic acid groups (broad SMARTS) is 1. The number of hydrogen-bond donors (Lipinski definition) is 3. The first-order valence-corrected chi connectivity index (χ1v) is 10.4. The summed E-state index contributed by atoms with van der Waals surface area (Å²) in [6.07, 6.45) is 0. The Morgan fingerprint density at radius 3 is 2.34 bits per heavy atom. The molecule has 180 valence electrons. The molecule has 0 spiro atoms. The summed E-state index contributed by atoms with van der Waals surface area (Å²) >= 11 is 0. The molecule has 0 aliphatic heterocycles. The number of rotatable bonds is 8. The molecule has 4 aromatic rings. The summed E-state index contributed by atoms with van der Waals surface area (Å²) in [5, 5.41) is 16.8. The summed E-state index contributed by atoms with van der Waals surface area (Å²) in [6, 6.07) is 20.7. The lowest BCUT2D eigenvalue weighted by molar-refractivity contribution is -0.135. The number of nitrogens with two attached hydrogens (primary N) is 1. The molecule has 0 radical (unpaired) electrons. The number of ether oxygens (including phenoxy) is 1. The maximum Gasteiger partial charge on any atom is 0.323 e. The number of carbonyl (C=O) groups is 2. The molecule has 0 aliphatic carbocycles. The van der Waals surface area contributed by atoms with E-state index in [2.05, 4.69) is 4.98 Å². The number of carboxylic acids is 1. The zero-order chi connectivity index (χ0) is 24.2. The van der Waals surface area contributed by atoms with Crippen molar-refractivity contribution in [3.05, 3.63) is 89.7 Å². The van der Waals surface area contributed by atoms with Crippen molar-refractivity contribution in [3.63, 3.8) is 0 Å². The predicted molar refractivity (Wildman–Crippen MR) is 136 cm³/mol. The van der Waals surface area contributed by atoms with Crippen molar-refractivity contribution in [2.45, 2.75) is 6.61 Å². The number of anilines is 1. The fourth-order valence-electron chi connectivity index (χ4n) is 3.57. The van der Waals surface area contributed by atoms with Gasteiger partial charge < -0.3 is 20.1 Å². The molecule has 9 nitrogen and oxygen atoms in total. The molecule has 10 heteroatoms. The van der Waals surface area contributed by atoms with Crippen LogP contribution < -0.4 is 15.4 Å². The summed E-state index contributed by atoms with van der Waals surface area (Å²) < 4.78 is 7.69. The Hall–Kier alpha value is -4.37. The van der Waals surface area contributed by atoms with Crippen LogP contribution >= 0.6 is 12.4 Å². The van der Waals surface area contributed by atoms with Gasteiger partial charge in [0.2, 0.25) is 0 Å². The smallest absolute Gasteiger partial charge is 0.323 e. The maximum absolute atomic E-state index is 13.2. The molecule has 1 heterocycles. The van der Waals surface area contributed by atoms with Gasteiger partial charge in [-0.25, -0.2) is 4.98 Å². The number of nitrogen functional groups attached to an aromatic ring is 1. The molecule has 0 bridgehead atoms. The fraction of sp³-hybridized carbons (Fsp3) is 0.120. The number of para-hydroxylation sites is 1. The van der Waals surface area contributed by atoms with Gasteiger partial charge in [-0.1, -0.05) is 18.2 Å².